The Balaban J connectivity index is 1.08. The van der Waals surface area contributed by atoms with E-state index in [0.717, 1.165) is 61.5 Å². The number of carbonyl (C=O) groups is 2. The monoisotopic (exact) mass is 863 g/mol. The summed E-state index contributed by atoms with van der Waals surface area (Å²) in [5.41, 5.74) is 6.43. The van der Waals surface area contributed by atoms with E-state index in [0.29, 0.717) is 17.1 Å². The van der Waals surface area contributed by atoms with E-state index in [1.165, 1.54) is 54.7 Å². The first kappa shape index (κ1) is 44.0. The molecule has 0 aliphatic carbocycles. The van der Waals surface area contributed by atoms with Gasteiger partial charge in [-0.25, -0.2) is 18.0 Å². The number of benzene rings is 6. The largest absolute Gasteiger partial charge is 0.461 e. The molecule has 1 aliphatic heterocycles. The minimum absolute atomic E-state index is 0.0349. The highest BCUT2D eigenvalue weighted by atomic mass is 32.2. The molecule has 0 saturated heterocycles. The number of rotatable bonds is 19. The van der Waals surface area contributed by atoms with E-state index in [1.807, 2.05) is 48.5 Å². The molecule has 13 nitrogen and oxygen atoms in total. The smallest absolute Gasteiger partial charge is 0.330 e. The van der Waals surface area contributed by atoms with Crippen molar-refractivity contribution >= 4 is 77.6 Å². The summed E-state index contributed by atoms with van der Waals surface area (Å²) >= 11 is 0. The van der Waals surface area contributed by atoms with Crippen LogP contribution in [0.2, 0.25) is 0 Å². The van der Waals surface area contributed by atoms with Gasteiger partial charge in [-0.15, -0.1) is 15.3 Å². The summed E-state index contributed by atoms with van der Waals surface area (Å²) in [4.78, 5) is 23.1. The maximum absolute atomic E-state index is 13.6. The molecular weight excluding hydrogens is 815 g/mol. The number of hydrogen-bond acceptors (Lipinski definition) is 12. The lowest BCUT2D eigenvalue weighted by molar-refractivity contribution is -0.137. The third-order valence-corrected chi connectivity index (χ3v) is 12.7. The van der Waals surface area contributed by atoms with Crippen LogP contribution in [-0.2, 0) is 41.2 Å². The van der Waals surface area contributed by atoms with Gasteiger partial charge in [0.2, 0.25) is 10.0 Å². The average molecular weight is 864 g/mol. The van der Waals surface area contributed by atoms with Crippen molar-refractivity contribution in [3.63, 3.8) is 0 Å². The third kappa shape index (κ3) is 10.2. The van der Waals surface area contributed by atoms with Gasteiger partial charge in [-0.05, 0) is 85.5 Å². The Bertz CT molecular complexity index is 2800. The van der Waals surface area contributed by atoms with E-state index < -0.39 is 27.6 Å². The van der Waals surface area contributed by atoms with Crippen LogP contribution in [0.3, 0.4) is 0 Å². The fraction of sp³-hybridized carbons (Fsp3) is 0.224. The molecule has 1 unspecified atom stereocenters. The van der Waals surface area contributed by atoms with Crippen LogP contribution in [0.15, 0.2) is 166 Å². The lowest BCUT2D eigenvalue weighted by Crippen LogP contribution is -2.42. The predicted octanol–water partition coefficient (Wildman–Crippen LogP) is 11.7. The van der Waals surface area contributed by atoms with E-state index in [9.17, 15) is 18.0 Å². The van der Waals surface area contributed by atoms with Gasteiger partial charge in [0.05, 0.1) is 27.6 Å². The average Bonchev–Trinajstić information content (AvgIpc) is 3.30. The number of unbranched alkanes of at least 4 members (excludes halogenated alkanes) is 2. The highest BCUT2D eigenvalue weighted by Gasteiger charge is 2.32. The van der Waals surface area contributed by atoms with Crippen molar-refractivity contribution in [3.8, 4) is 0 Å². The van der Waals surface area contributed by atoms with E-state index in [4.69, 9.17) is 19.7 Å². The number of aryl methyl sites for hydroxylation is 1. The summed E-state index contributed by atoms with van der Waals surface area (Å²) in [6.07, 6.45) is 6.63. The van der Waals surface area contributed by atoms with E-state index in [1.54, 1.807) is 0 Å². The van der Waals surface area contributed by atoms with Crippen molar-refractivity contribution in [2.45, 2.75) is 50.1 Å². The Morgan fingerprint density at radius 3 is 1.86 bits per heavy atom. The first-order chi connectivity index (χ1) is 30.5. The molecule has 7 rings (SSSR count). The second-order valence-corrected chi connectivity index (χ2v) is 17.0. The van der Waals surface area contributed by atoms with E-state index >= 15 is 0 Å². The van der Waals surface area contributed by atoms with Gasteiger partial charge in [-0.1, -0.05) is 93.6 Å². The second-order valence-electron chi connectivity index (χ2n) is 15.1. The van der Waals surface area contributed by atoms with Gasteiger partial charge in [0.15, 0.2) is 0 Å². The SMILES string of the molecule is C=CC(=O)OCCN(CCOC(=O)C=C)S(=O)(=O)c1ccc(/N=N/c2ccc(/N=N/c3ccc4c5c(cccc35)NC(C)(c3cccc(CCCCC)c3)N4)c3ccccc23)cc1. The topological polar surface area (TPSA) is 163 Å². The number of carbonyl (C=O) groups excluding carboxylic acids is 2. The van der Waals surface area contributed by atoms with Crippen molar-refractivity contribution in [2.75, 3.05) is 36.9 Å². The van der Waals surface area contributed by atoms with Crippen molar-refractivity contribution in [2.24, 2.45) is 20.5 Å². The molecule has 0 aromatic heterocycles. The van der Waals surface area contributed by atoms with E-state index in [-0.39, 0.29) is 31.2 Å². The first-order valence-corrected chi connectivity index (χ1v) is 22.2. The molecular formula is C49H49N7O6S. The normalized spacial score (nSPS) is 14.8. The summed E-state index contributed by atoms with van der Waals surface area (Å²) in [6.45, 7) is 10.3. The number of sulfonamides is 1. The molecule has 0 bridgehead atoms. The Morgan fingerprint density at radius 1 is 0.683 bits per heavy atom. The van der Waals surface area contributed by atoms with Gasteiger partial charge in [-0.3, -0.25) is 0 Å². The zero-order valence-corrected chi connectivity index (χ0v) is 36.1. The van der Waals surface area contributed by atoms with Crippen LogP contribution in [0, 0.1) is 0 Å². The highest BCUT2D eigenvalue weighted by molar-refractivity contribution is 7.89. The predicted molar refractivity (Wildman–Crippen MR) is 248 cm³/mol. The molecule has 0 fully saturated rings. The van der Waals surface area contributed by atoms with Crippen LogP contribution in [-0.4, -0.2) is 51.0 Å². The number of fused-ring (bicyclic) bond motifs is 1. The number of nitrogens with zero attached hydrogens (tertiary/aromatic N) is 5. The van der Waals surface area contributed by atoms with Gasteiger partial charge >= 0.3 is 11.9 Å². The Kier molecular flexibility index (Phi) is 13.8. The summed E-state index contributed by atoms with van der Waals surface area (Å²) in [6, 6.07) is 36.4. The van der Waals surface area contributed by atoms with Gasteiger partial charge < -0.3 is 20.1 Å². The molecule has 322 valence electrons. The number of azo groups is 2. The minimum atomic E-state index is -4.09. The second kappa shape index (κ2) is 19.8. The first-order valence-electron chi connectivity index (χ1n) is 20.8. The maximum atomic E-state index is 13.6. The zero-order chi connectivity index (χ0) is 44.4. The van der Waals surface area contributed by atoms with Crippen LogP contribution >= 0.6 is 0 Å². The molecule has 14 heteroatoms. The third-order valence-electron chi connectivity index (χ3n) is 10.8. The maximum Gasteiger partial charge on any atom is 0.330 e. The van der Waals surface area contributed by atoms with Gasteiger partial charge in [0.1, 0.15) is 18.9 Å². The van der Waals surface area contributed by atoms with Crippen LogP contribution in [0.5, 0.6) is 0 Å². The molecule has 0 radical (unpaired) electrons. The molecule has 63 heavy (non-hydrogen) atoms. The standard InChI is InChI=1S/C49H49N7O6S/c1-5-8-9-14-34-15-12-16-35(33-34)49(4)50-44-20-13-19-40-43(27-28-45(51-49)48(40)44)55-54-42-26-25-41(38-17-10-11-18-39(38)42)53-52-36-21-23-37(24-22-36)63(59,60)56(29-31-61-46(57)6-2)30-32-62-47(58)7-3/h6-7,10-13,15-28,33,50-51H,2-3,5,8-9,14,29-32H2,1,4H3/b53-52+,55-54+. The molecule has 1 atom stereocenters. The number of esters is 2. The quantitative estimate of drug-likeness (QED) is 0.0352. The van der Waals surface area contributed by atoms with Crippen LogP contribution < -0.4 is 10.6 Å². The zero-order valence-electron chi connectivity index (χ0n) is 35.3. The van der Waals surface area contributed by atoms with Crippen molar-refractivity contribution in [1.29, 1.82) is 0 Å². The molecule has 0 spiro atoms. The molecule has 6 aromatic carbocycles. The summed E-state index contributed by atoms with van der Waals surface area (Å²) in [7, 11) is -4.09. The molecule has 0 saturated carbocycles. The Hall–Kier alpha value is -7.03. The lowest BCUT2D eigenvalue weighted by Gasteiger charge is -2.39. The molecule has 2 N–H and O–H groups in total. The molecule has 1 aliphatic rings. The summed E-state index contributed by atoms with van der Waals surface area (Å²) in [5, 5.41) is 29.6. The number of anilines is 2. The molecule has 6 aromatic rings. The summed E-state index contributed by atoms with van der Waals surface area (Å²) < 4.78 is 38.2. The molecule has 1 heterocycles. The molecule has 0 amide bonds. The van der Waals surface area contributed by atoms with E-state index in [2.05, 4.69) is 90.3 Å². The number of nitrogens with one attached hydrogen (secondary N) is 2. The van der Waals surface area contributed by atoms with Gasteiger partial charge in [0, 0.05) is 58.2 Å². The number of ether oxygens (including phenoxy) is 2. The number of hydrogen-bond donors (Lipinski definition) is 2. The highest BCUT2D eigenvalue weighted by Crippen LogP contribution is 2.45. The van der Waals surface area contributed by atoms with Crippen LogP contribution in [0.4, 0.5) is 34.1 Å². The Morgan fingerprint density at radius 2 is 1.24 bits per heavy atom. The fourth-order valence-corrected chi connectivity index (χ4v) is 8.89. The van der Waals surface area contributed by atoms with Gasteiger partial charge in [0.25, 0.3) is 0 Å². The fourth-order valence-electron chi connectivity index (χ4n) is 7.48. The van der Waals surface area contributed by atoms with Crippen LogP contribution in [0.1, 0.15) is 44.2 Å². The minimum Gasteiger partial charge on any atom is -0.461 e. The van der Waals surface area contributed by atoms with Crippen LogP contribution in [0.25, 0.3) is 21.5 Å². The van der Waals surface area contributed by atoms with Crippen molar-refractivity contribution < 1.29 is 27.5 Å². The van der Waals surface area contributed by atoms with Crippen molar-refractivity contribution in [1.82, 2.24) is 4.31 Å². The van der Waals surface area contributed by atoms with Gasteiger partial charge in [-0.2, -0.15) is 9.42 Å². The lowest BCUT2D eigenvalue weighted by atomic mass is 9.92. The summed E-state index contributed by atoms with van der Waals surface area (Å²) in [5.74, 6) is -1.38. The van der Waals surface area contributed by atoms with Crippen molar-refractivity contribution in [3.05, 3.63) is 152 Å². The Labute approximate surface area is 367 Å².